The molecular weight excluding hydrogens is 238 g/mol. The summed E-state index contributed by atoms with van der Waals surface area (Å²) in [5, 5.41) is 9.66. The van der Waals surface area contributed by atoms with Crippen molar-refractivity contribution in [3.63, 3.8) is 0 Å². The van der Waals surface area contributed by atoms with E-state index in [4.69, 9.17) is 0 Å². The summed E-state index contributed by atoms with van der Waals surface area (Å²) in [6.07, 6.45) is 4.48. The van der Waals surface area contributed by atoms with Crippen LogP contribution >= 0.6 is 0 Å². The van der Waals surface area contributed by atoms with Crippen molar-refractivity contribution >= 4 is 5.91 Å². The first-order valence-electron chi connectivity index (χ1n) is 6.77. The minimum atomic E-state index is -0.204. The van der Waals surface area contributed by atoms with E-state index in [1.165, 1.54) is 0 Å². The predicted octanol–water partition coefficient (Wildman–Crippen LogP) is 2.48. The normalized spacial score (nSPS) is 23.1. The SMILES string of the molecule is C=CC[C@@]1(CO)CCCN(C(=O)c2ccccc2)C1. The van der Waals surface area contributed by atoms with Crippen molar-refractivity contribution in [2.24, 2.45) is 5.41 Å². The number of piperidine rings is 1. The third-order valence-electron chi connectivity index (χ3n) is 3.88. The Morgan fingerprint density at radius 3 is 2.79 bits per heavy atom. The van der Waals surface area contributed by atoms with E-state index in [9.17, 15) is 9.90 Å². The number of amides is 1. The Bertz CT molecular complexity index is 443. The molecule has 1 aromatic carbocycles. The quantitative estimate of drug-likeness (QED) is 0.844. The summed E-state index contributed by atoms with van der Waals surface area (Å²) in [7, 11) is 0. The lowest BCUT2D eigenvalue weighted by molar-refractivity contribution is 0.0285. The van der Waals surface area contributed by atoms with Crippen LogP contribution in [0.3, 0.4) is 0 Å². The fourth-order valence-electron chi connectivity index (χ4n) is 2.81. The van der Waals surface area contributed by atoms with Crippen LogP contribution in [-0.4, -0.2) is 35.6 Å². The third kappa shape index (κ3) is 3.04. The highest BCUT2D eigenvalue weighted by Crippen LogP contribution is 2.33. The number of carbonyl (C=O) groups excluding carboxylic acids is 1. The molecule has 3 heteroatoms. The van der Waals surface area contributed by atoms with Crippen molar-refractivity contribution in [2.75, 3.05) is 19.7 Å². The van der Waals surface area contributed by atoms with Gasteiger partial charge in [-0.05, 0) is 31.4 Å². The zero-order valence-corrected chi connectivity index (χ0v) is 11.2. The van der Waals surface area contributed by atoms with E-state index in [-0.39, 0.29) is 17.9 Å². The fourth-order valence-corrected chi connectivity index (χ4v) is 2.81. The molecule has 1 atom stereocenters. The lowest BCUT2D eigenvalue weighted by Gasteiger charge is -2.41. The number of aliphatic hydroxyl groups is 1. The molecule has 102 valence electrons. The third-order valence-corrected chi connectivity index (χ3v) is 3.88. The van der Waals surface area contributed by atoms with Crippen LogP contribution in [0.1, 0.15) is 29.6 Å². The first-order chi connectivity index (χ1) is 9.21. The Morgan fingerprint density at radius 2 is 2.16 bits per heavy atom. The first kappa shape index (κ1) is 13.8. The number of allylic oxidation sites excluding steroid dienone is 1. The van der Waals surface area contributed by atoms with Crippen LogP contribution in [0, 0.1) is 5.41 Å². The molecule has 19 heavy (non-hydrogen) atoms. The molecule has 1 N–H and O–H groups in total. The molecule has 1 aliphatic rings. The minimum Gasteiger partial charge on any atom is -0.396 e. The van der Waals surface area contributed by atoms with Crippen LogP contribution in [-0.2, 0) is 0 Å². The molecule has 0 spiro atoms. The van der Waals surface area contributed by atoms with Crippen LogP contribution in [0.25, 0.3) is 0 Å². The summed E-state index contributed by atoms with van der Waals surface area (Å²) >= 11 is 0. The number of benzene rings is 1. The highest BCUT2D eigenvalue weighted by atomic mass is 16.3. The van der Waals surface area contributed by atoms with Crippen LogP contribution in [0.5, 0.6) is 0 Å². The maximum absolute atomic E-state index is 12.4. The number of hydrogen-bond donors (Lipinski definition) is 1. The molecule has 1 amide bonds. The van der Waals surface area contributed by atoms with E-state index >= 15 is 0 Å². The van der Waals surface area contributed by atoms with Crippen LogP contribution in [0.15, 0.2) is 43.0 Å². The zero-order valence-electron chi connectivity index (χ0n) is 11.2. The van der Waals surface area contributed by atoms with Gasteiger partial charge in [0.2, 0.25) is 0 Å². The second-order valence-corrected chi connectivity index (χ2v) is 5.35. The Hall–Kier alpha value is -1.61. The van der Waals surface area contributed by atoms with E-state index in [1.807, 2.05) is 41.3 Å². The van der Waals surface area contributed by atoms with Crippen LogP contribution in [0.4, 0.5) is 0 Å². The highest BCUT2D eigenvalue weighted by molar-refractivity contribution is 5.94. The Labute approximate surface area is 114 Å². The molecule has 0 saturated carbocycles. The summed E-state index contributed by atoms with van der Waals surface area (Å²) in [4.78, 5) is 14.3. The van der Waals surface area contributed by atoms with Crippen molar-refractivity contribution in [2.45, 2.75) is 19.3 Å². The number of rotatable bonds is 4. The molecule has 1 saturated heterocycles. The van der Waals surface area contributed by atoms with Gasteiger partial charge in [0.15, 0.2) is 0 Å². The summed E-state index contributed by atoms with van der Waals surface area (Å²) in [5.41, 5.74) is 0.514. The van der Waals surface area contributed by atoms with E-state index < -0.39 is 0 Å². The molecule has 1 aliphatic heterocycles. The number of aliphatic hydroxyl groups excluding tert-OH is 1. The molecule has 0 radical (unpaired) electrons. The van der Waals surface area contributed by atoms with Crippen molar-refractivity contribution in [1.29, 1.82) is 0 Å². The standard InChI is InChI=1S/C16H21NO2/c1-2-9-16(13-18)10-6-11-17(12-16)15(19)14-7-4-3-5-8-14/h2-5,7-8,18H,1,6,9-13H2/t16-/m1/s1. The smallest absolute Gasteiger partial charge is 0.253 e. The second-order valence-electron chi connectivity index (χ2n) is 5.35. The van der Waals surface area contributed by atoms with Gasteiger partial charge in [0.25, 0.3) is 5.91 Å². The molecule has 0 unspecified atom stereocenters. The lowest BCUT2D eigenvalue weighted by Crippen LogP contribution is -2.47. The summed E-state index contributed by atoms with van der Waals surface area (Å²) in [5.74, 6) is 0.0576. The fraction of sp³-hybridized carbons (Fsp3) is 0.438. The maximum atomic E-state index is 12.4. The first-order valence-corrected chi connectivity index (χ1v) is 6.77. The van der Waals surface area contributed by atoms with Gasteiger partial charge in [-0.2, -0.15) is 0 Å². The Kier molecular flexibility index (Phi) is 4.38. The number of nitrogens with zero attached hydrogens (tertiary/aromatic N) is 1. The van der Waals surface area contributed by atoms with Crippen molar-refractivity contribution in [3.8, 4) is 0 Å². The van der Waals surface area contributed by atoms with Gasteiger partial charge in [-0.25, -0.2) is 0 Å². The molecular formula is C16H21NO2. The Balaban J connectivity index is 2.13. The topological polar surface area (TPSA) is 40.5 Å². The number of carbonyl (C=O) groups is 1. The summed E-state index contributed by atoms with van der Waals surface area (Å²) in [6.45, 7) is 5.25. The summed E-state index contributed by atoms with van der Waals surface area (Å²) < 4.78 is 0. The molecule has 2 rings (SSSR count). The van der Waals surface area contributed by atoms with E-state index in [1.54, 1.807) is 0 Å². The number of hydrogen-bond acceptors (Lipinski definition) is 2. The van der Waals surface area contributed by atoms with Gasteiger partial charge in [-0.15, -0.1) is 6.58 Å². The lowest BCUT2D eigenvalue weighted by atomic mass is 9.77. The van der Waals surface area contributed by atoms with Crippen molar-refractivity contribution in [1.82, 2.24) is 4.90 Å². The predicted molar refractivity (Wildman–Crippen MR) is 75.9 cm³/mol. The van der Waals surface area contributed by atoms with Crippen LogP contribution < -0.4 is 0 Å². The van der Waals surface area contributed by atoms with Gasteiger partial charge in [-0.3, -0.25) is 4.79 Å². The van der Waals surface area contributed by atoms with Crippen LogP contribution in [0.2, 0.25) is 0 Å². The molecule has 1 heterocycles. The average molecular weight is 259 g/mol. The molecule has 1 fully saturated rings. The van der Waals surface area contributed by atoms with E-state index in [0.29, 0.717) is 6.54 Å². The molecule has 3 nitrogen and oxygen atoms in total. The maximum Gasteiger partial charge on any atom is 0.253 e. The van der Waals surface area contributed by atoms with Gasteiger partial charge in [0.1, 0.15) is 0 Å². The minimum absolute atomic E-state index is 0.0576. The monoisotopic (exact) mass is 259 g/mol. The molecule has 1 aromatic rings. The van der Waals surface area contributed by atoms with E-state index in [0.717, 1.165) is 31.4 Å². The van der Waals surface area contributed by atoms with Gasteiger partial charge in [0.05, 0.1) is 6.61 Å². The van der Waals surface area contributed by atoms with Gasteiger partial charge in [0, 0.05) is 24.1 Å². The molecule has 0 aromatic heterocycles. The van der Waals surface area contributed by atoms with Crippen molar-refractivity contribution < 1.29 is 9.90 Å². The number of likely N-dealkylation sites (tertiary alicyclic amines) is 1. The van der Waals surface area contributed by atoms with Crippen molar-refractivity contribution in [3.05, 3.63) is 48.6 Å². The zero-order chi connectivity index (χ0) is 13.7. The van der Waals surface area contributed by atoms with Gasteiger partial charge < -0.3 is 10.0 Å². The average Bonchev–Trinajstić information content (AvgIpc) is 2.48. The summed E-state index contributed by atoms with van der Waals surface area (Å²) in [6, 6.07) is 9.33. The Morgan fingerprint density at radius 1 is 1.42 bits per heavy atom. The van der Waals surface area contributed by atoms with E-state index in [2.05, 4.69) is 6.58 Å². The van der Waals surface area contributed by atoms with Gasteiger partial charge in [-0.1, -0.05) is 24.3 Å². The molecule has 0 aliphatic carbocycles. The highest BCUT2D eigenvalue weighted by Gasteiger charge is 2.35. The van der Waals surface area contributed by atoms with Gasteiger partial charge >= 0.3 is 0 Å². The second kappa shape index (κ2) is 6.02. The molecule has 0 bridgehead atoms. The largest absolute Gasteiger partial charge is 0.396 e.